The van der Waals surface area contributed by atoms with Gasteiger partial charge in [0, 0.05) is 12.3 Å². The molecule has 2 amide bonds. The Morgan fingerprint density at radius 3 is 2.26 bits per heavy atom. The molecule has 38 heavy (non-hydrogen) atoms. The van der Waals surface area contributed by atoms with Crippen LogP contribution in [0.15, 0.2) is 24.3 Å². The molecule has 1 aromatic rings. The van der Waals surface area contributed by atoms with E-state index in [-0.39, 0.29) is 36.7 Å². The maximum Gasteiger partial charge on any atom is 0.224 e. The van der Waals surface area contributed by atoms with Crippen molar-refractivity contribution >= 4 is 23.4 Å². The number of carbonyl (C=O) groups is 4. The predicted molar refractivity (Wildman–Crippen MR) is 142 cm³/mol. The normalized spacial score (nSPS) is 22.1. The van der Waals surface area contributed by atoms with Crippen molar-refractivity contribution in [3.05, 3.63) is 29.8 Å². The van der Waals surface area contributed by atoms with Crippen LogP contribution in [0.1, 0.15) is 71.3 Å². The van der Waals surface area contributed by atoms with Crippen LogP contribution in [-0.2, 0) is 30.3 Å². The van der Waals surface area contributed by atoms with Crippen LogP contribution in [0.3, 0.4) is 0 Å². The topological polar surface area (TPSA) is 134 Å². The zero-order valence-electron chi connectivity index (χ0n) is 23.0. The van der Waals surface area contributed by atoms with Gasteiger partial charge in [0.05, 0.1) is 38.3 Å². The highest BCUT2D eigenvalue weighted by atomic mass is 16.6. The van der Waals surface area contributed by atoms with E-state index in [9.17, 15) is 24.3 Å². The number of aliphatic hydroxyl groups is 1. The molecule has 0 aromatic heterocycles. The second kappa shape index (κ2) is 13.3. The van der Waals surface area contributed by atoms with Gasteiger partial charge in [0.2, 0.25) is 11.8 Å². The molecule has 1 saturated carbocycles. The molecule has 0 radical (unpaired) electrons. The first-order valence-electron chi connectivity index (χ1n) is 13.6. The summed E-state index contributed by atoms with van der Waals surface area (Å²) >= 11 is 0. The first-order valence-corrected chi connectivity index (χ1v) is 13.6. The maximum absolute atomic E-state index is 13.6. The molecule has 0 spiro atoms. The van der Waals surface area contributed by atoms with Gasteiger partial charge in [0.15, 0.2) is 11.6 Å². The van der Waals surface area contributed by atoms with Crippen molar-refractivity contribution < 1.29 is 33.8 Å². The van der Waals surface area contributed by atoms with Crippen molar-refractivity contribution in [2.75, 3.05) is 13.7 Å². The number of nitrogens with one attached hydrogen (secondary N) is 2. The molecule has 3 rings (SSSR count). The number of benzene rings is 1. The molecule has 2 aliphatic rings. The molecular formula is C29H42N2O7. The molecule has 9 nitrogen and oxygen atoms in total. The Bertz CT molecular complexity index is 981. The summed E-state index contributed by atoms with van der Waals surface area (Å²) in [6, 6.07) is 5.79. The van der Waals surface area contributed by atoms with Crippen molar-refractivity contribution in [1.82, 2.24) is 10.6 Å². The van der Waals surface area contributed by atoms with Gasteiger partial charge in [-0.1, -0.05) is 37.8 Å². The summed E-state index contributed by atoms with van der Waals surface area (Å²) < 4.78 is 10.6. The average Bonchev–Trinajstić information content (AvgIpc) is 3.41. The Morgan fingerprint density at radius 1 is 1.08 bits per heavy atom. The highest BCUT2D eigenvalue weighted by molar-refractivity contribution is 5.98. The molecular weight excluding hydrogens is 488 g/mol. The largest absolute Gasteiger partial charge is 0.497 e. The van der Waals surface area contributed by atoms with E-state index in [0.29, 0.717) is 24.7 Å². The number of epoxide rings is 1. The summed E-state index contributed by atoms with van der Waals surface area (Å²) in [6.45, 7) is 5.17. The van der Waals surface area contributed by atoms with Gasteiger partial charge in [0.25, 0.3) is 0 Å². The Kier molecular flexibility index (Phi) is 10.4. The van der Waals surface area contributed by atoms with Crippen LogP contribution in [0.25, 0.3) is 0 Å². The third-order valence-electron chi connectivity index (χ3n) is 7.58. The van der Waals surface area contributed by atoms with E-state index < -0.39 is 35.6 Å². The third-order valence-corrected chi connectivity index (χ3v) is 7.58. The molecule has 3 N–H and O–H groups in total. The van der Waals surface area contributed by atoms with Gasteiger partial charge in [-0.25, -0.2) is 0 Å². The minimum Gasteiger partial charge on any atom is -0.497 e. The summed E-state index contributed by atoms with van der Waals surface area (Å²) in [5, 5.41) is 15.0. The van der Waals surface area contributed by atoms with Crippen LogP contribution in [0.2, 0.25) is 0 Å². The number of hydrogen-bond donors (Lipinski definition) is 3. The summed E-state index contributed by atoms with van der Waals surface area (Å²) in [6.07, 6.45) is 4.14. The van der Waals surface area contributed by atoms with Crippen molar-refractivity contribution in [3.63, 3.8) is 0 Å². The van der Waals surface area contributed by atoms with Gasteiger partial charge in [-0.3, -0.25) is 19.2 Å². The number of amides is 2. The fourth-order valence-corrected chi connectivity index (χ4v) is 5.09. The van der Waals surface area contributed by atoms with Gasteiger partial charge in [0.1, 0.15) is 11.4 Å². The Hall–Kier alpha value is -2.78. The van der Waals surface area contributed by atoms with Crippen LogP contribution in [-0.4, -0.2) is 66.0 Å². The number of hydrogen-bond acceptors (Lipinski definition) is 7. The lowest BCUT2D eigenvalue weighted by Gasteiger charge is -2.26. The molecule has 210 valence electrons. The lowest BCUT2D eigenvalue weighted by atomic mass is 9.88. The van der Waals surface area contributed by atoms with Crippen LogP contribution in [0.4, 0.5) is 0 Å². The summed E-state index contributed by atoms with van der Waals surface area (Å²) in [7, 11) is 1.57. The van der Waals surface area contributed by atoms with Crippen molar-refractivity contribution in [2.45, 2.75) is 95.9 Å². The summed E-state index contributed by atoms with van der Waals surface area (Å²) in [4.78, 5) is 52.0. The van der Waals surface area contributed by atoms with Crippen LogP contribution in [0, 0.1) is 11.8 Å². The van der Waals surface area contributed by atoms with E-state index in [4.69, 9.17) is 9.47 Å². The molecule has 1 aliphatic carbocycles. The van der Waals surface area contributed by atoms with Crippen LogP contribution >= 0.6 is 0 Å². The van der Waals surface area contributed by atoms with Gasteiger partial charge in [-0.05, 0) is 57.2 Å². The highest BCUT2D eigenvalue weighted by Crippen LogP contribution is 2.33. The highest BCUT2D eigenvalue weighted by Gasteiger charge is 2.50. The van der Waals surface area contributed by atoms with E-state index in [1.54, 1.807) is 33.1 Å². The number of carbonyl (C=O) groups excluding carboxylic acids is 4. The first kappa shape index (κ1) is 29.8. The number of rotatable bonds is 15. The standard InChI is InChI=1S/C29H42N2O7/c1-18(32)13-26(34)30-19(2)25(33)16-22(14-21-9-11-23(37-4)12-10-21)28(36)31-24(15-20-7-5-6-8-20)27(35)29(3)17-38-29/h9-12,18-20,22,24,32H,5-8,13-17H2,1-4H3,(H,30,34)(H,31,36)/t18-,19+,22+,24-,29+/m0/s1. The molecule has 9 heteroatoms. The van der Waals surface area contributed by atoms with E-state index in [1.165, 1.54) is 6.92 Å². The number of aliphatic hydroxyl groups excluding tert-OH is 1. The smallest absolute Gasteiger partial charge is 0.224 e. The zero-order valence-corrected chi connectivity index (χ0v) is 23.0. The number of methoxy groups -OCH3 is 1. The van der Waals surface area contributed by atoms with Crippen LogP contribution in [0.5, 0.6) is 5.75 Å². The third kappa shape index (κ3) is 8.63. The van der Waals surface area contributed by atoms with Crippen LogP contribution < -0.4 is 15.4 Å². The minimum absolute atomic E-state index is 0.105. The Morgan fingerprint density at radius 2 is 1.71 bits per heavy atom. The number of ketones is 2. The molecule has 1 saturated heterocycles. The predicted octanol–water partition coefficient (Wildman–Crippen LogP) is 2.51. The van der Waals surface area contributed by atoms with E-state index in [2.05, 4.69) is 10.6 Å². The molecule has 1 aliphatic heterocycles. The van der Waals surface area contributed by atoms with Gasteiger partial charge < -0.3 is 25.2 Å². The Labute approximate surface area is 225 Å². The number of ether oxygens (including phenoxy) is 2. The lowest BCUT2D eigenvalue weighted by Crippen LogP contribution is -2.49. The Balaban J connectivity index is 1.75. The van der Waals surface area contributed by atoms with E-state index in [1.807, 2.05) is 12.1 Å². The van der Waals surface area contributed by atoms with Gasteiger partial charge in [-0.2, -0.15) is 0 Å². The van der Waals surface area contributed by atoms with Gasteiger partial charge in [-0.15, -0.1) is 0 Å². The molecule has 1 aromatic carbocycles. The van der Waals surface area contributed by atoms with Crippen molar-refractivity contribution in [3.8, 4) is 5.75 Å². The summed E-state index contributed by atoms with van der Waals surface area (Å²) in [5.74, 6) is -0.898. The molecule has 2 fully saturated rings. The summed E-state index contributed by atoms with van der Waals surface area (Å²) in [5.41, 5.74) is -0.0128. The average molecular weight is 531 g/mol. The first-order chi connectivity index (χ1) is 18.0. The molecule has 1 heterocycles. The van der Waals surface area contributed by atoms with Gasteiger partial charge >= 0.3 is 0 Å². The molecule has 0 bridgehead atoms. The quantitative estimate of drug-likeness (QED) is 0.297. The monoisotopic (exact) mass is 530 g/mol. The SMILES string of the molecule is COc1ccc(C[C@H](CC(=O)[C@@H](C)NC(=O)C[C@H](C)O)C(=O)N[C@@H](CC2CCCC2)C(=O)[C@@]2(C)CO2)cc1. The minimum atomic E-state index is -0.861. The fraction of sp³-hybridized carbons (Fsp3) is 0.655. The molecule has 5 atom stereocenters. The second-order valence-corrected chi connectivity index (χ2v) is 11.1. The maximum atomic E-state index is 13.6. The number of Topliss-reactive ketones (excluding diaryl/α,β-unsaturated/α-hetero) is 2. The second-order valence-electron chi connectivity index (χ2n) is 11.1. The zero-order chi connectivity index (χ0) is 27.9. The lowest BCUT2D eigenvalue weighted by molar-refractivity contribution is -0.134. The van der Waals surface area contributed by atoms with Crippen molar-refractivity contribution in [1.29, 1.82) is 0 Å². The molecule has 0 unspecified atom stereocenters. The van der Waals surface area contributed by atoms with E-state index in [0.717, 1.165) is 31.2 Å². The van der Waals surface area contributed by atoms with Crippen molar-refractivity contribution in [2.24, 2.45) is 11.8 Å². The fourth-order valence-electron chi connectivity index (χ4n) is 5.09. The van der Waals surface area contributed by atoms with E-state index >= 15 is 0 Å².